The average Bonchev–Trinajstić information content (AvgIpc) is 3.18. The smallest absolute Gasteiger partial charge is 0.410 e. The predicted molar refractivity (Wildman–Crippen MR) is 130 cm³/mol. The van der Waals surface area contributed by atoms with Gasteiger partial charge in [-0.05, 0) is 77.5 Å². The molecule has 1 heterocycles. The second kappa shape index (κ2) is 10.5. The van der Waals surface area contributed by atoms with Crippen LogP contribution in [0.3, 0.4) is 0 Å². The van der Waals surface area contributed by atoms with Crippen molar-refractivity contribution in [2.75, 3.05) is 0 Å². The minimum absolute atomic E-state index is 0.183. The molecule has 5 unspecified atom stereocenters. The van der Waals surface area contributed by atoms with Gasteiger partial charge in [-0.2, -0.15) is 8.78 Å². The zero-order valence-corrected chi connectivity index (χ0v) is 21.5. The van der Waals surface area contributed by atoms with Crippen molar-refractivity contribution >= 4 is 12.1 Å². The molecule has 9 heteroatoms. The number of nitrogens with zero attached hydrogens (tertiary/aromatic N) is 1. The zero-order chi connectivity index (χ0) is 26.9. The number of aliphatic hydroxyl groups is 1. The Hall–Kier alpha value is -2.52. The molecular weight excluding hydrogens is 472 g/mol. The molecule has 2 N–H and O–H groups in total. The monoisotopic (exact) mass is 509 g/mol. The lowest BCUT2D eigenvalue weighted by Crippen LogP contribution is -2.54. The lowest BCUT2D eigenvalue weighted by Gasteiger charge is -2.44. The first kappa shape index (κ1) is 28.1. The number of carbonyl (C=O) groups excluding carboxylic acids is 1. The van der Waals surface area contributed by atoms with Crippen molar-refractivity contribution in [2.24, 2.45) is 5.41 Å². The Kier molecular flexibility index (Phi) is 8.15. The maximum absolute atomic E-state index is 13.3. The molecule has 7 nitrogen and oxygen atoms in total. The largest absolute Gasteiger partial charge is 0.478 e. The number of benzene rings is 1. The van der Waals surface area contributed by atoms with Crippen LogP contribution in [0.15, 0.2) is 36.4 Å². The molecule has 1 aromatic carbocycles. The van der Waals surface area contributed by atoms with Gasteiger partial charge < -0.3 is 19.7 Å². The van der Waals surface area contributed by atoms with Crippen LogP contribution < -0.4 is 0 Å². The molecule has 0 saturated carbocycles. The number of likely N-dealkylation sites (tertiary alicyclic amines) is 1. The second-order valence-electron chi connectivity index (χ2n) is 11.4. The van der Waals surface area contributed by atoms with E-state index in [1.165, 1.54) is 12.1 Å². The third-order valence-corrected chi connectivity index (χ3v) is 7.20. The third-order valence-electron chi connectivity index (χ3n) is 7.20. The lowest BCUT2D eigenvalue weighted by atomic mass is 9.70. The third kappa shape index (κ3) is 6.62. The van der Waals surface area contributed by atoms with Crippen LogP contribution in [-0.2, 0) is 15.9 Å². The number of alkyl halides is 2. The van der Waals surface area contributed by atoms with Crippen molar-refractivity contribution in [1.82, 2.24) is 4.90 Å². The molecule has 3 rings (SSSR count). The second-order valence-corrected chi connectivity index (χ2v) is 11.4. The van der Waals surface area contributed by atoms with E-state index in [9.17, 15) is 23.5 Å². The number of ether oxygens (including phenoxy) is 2. The molecule has 36 heavy (non-hydrogen) atoms. The minimum Gasteiger partial charge on any atom is -0.478 e. The number of carboxylic acids is 1. The van der Waals surface area contributed by atoms with E-state index >= 15 is 0 Å². The molecule has 0 radical (unpaired) electrons. The van der Waals surface area contributed by atoms with Crippen LogP contribution in [0.4, 0.5) is 13.6 Å². The molecule has 1 fully saturated rings. The van der Waals surface area contributed by atoms with Crippen molar-refractivity contribution in [3.05, 3.63) is 47.5 Å². The van der Waals surface area contributed by atoms with Gasteiger partial charge in [0.15, 0.2) is 0 Å². The summed E-state index contributed by atoms with van der Waals surface area (Å²) in [5.74, 6) is -1.01. The van der Waals surface area contributed by atoms with Crippen molar-refractivity contribution in [3.63, 3.8) is 0 Å². The van der Waals surface area contributed by atoms with Crippen LogP contribution in [0.1, 0.15) is 76.2 Å². The van der Waals surface area contributed by atoms with Gasteiger partial charge in [-0.15, -0.1) is 0 Å². The minimum atomic E-state index is -2.89. The van der Waals surface area contributed by atoms with E-state index in [4.69, 9.17) is 14.6 Å². The standard InChI is InChI=1S/C27H37F2NO6/c1-25(2,3)36-24(34)30-19(16-17-6-8-18(9-7-17)22(32)33)10-11-20(30)21(31)26(4)12-14-27(5,15-13-26)35-23(28)29/h6-9,12,14,19-21,23,31H,10-11,13,15-16H2,1-5H3,(H,32,33). The van der Waals surface area contributed by atoms with Crippen LogP contribution in [0.25, 0.3) is 0 Å². The molecule has 1 aliphatic heterocycles. The van der Waals surface area contributed by atoms with E-state index < -0.39 is 47.4 Å². The highest BCUT2D eigenvalue weighted by atomic mass is 19.3. The average molecular weight is 510 g/mol. The van der Waals surface area contributed by atoms with Gasteiger partial charge in [-0.3, -0.25) is 4.90 Å². The Morgan fingerprint density at radius 2 is 1.75 bits per heavy atom. The fourth-order valence-electron chi connectivity index (χ4n) is 5.12. The molecule has 2 aliphatic rings. The SMILES string of the molecule is CC(C)(C)OC(=O)N1C(Cc2ccc(C(=O)O)cc2)CCC1C(O)C1(C)C=CC(C)(OC(F)F)CC1. The number of amides is 1. The molecule has 1 saturated heterocycles. The molecule has 5 atom stereocenters. The molecule has 0 spiro atoms. The van der Waals surface area contributed by atoms with Gasteiger partial charge in [-0.1, -0.05) is 31.2 Å². The number of carbonyl (C=O) groups is 2. The molecular formula is C27H37F2NO6. The first-order valence-electron chi connectivity index (χ1n) is 12.3. The zero-order valence-electron chi connectivity index (χ0n) is 21.5. The van der Waals surface area contributed by atoms with Crippen molar-refractivity contribution in [3.8, 4) is 0 Å². The summed E-state index contributed by atoms with van der Waals surface area (Å²) >= 11 is 0. The maximum Gasteiger partial charge on any atom is 0.410 e. The summed E-state index contributed by atoms with van der Waals surface area (Å²) in [6.45, 7) is 5.90. The summed E-state index contributed by atoms with van der Waals surface area (Å²) in [5, 5.41) is 20.7. The Morgan fingerprint density at radius 3 is 2.25 bits per heavy atom. The number of halogens is 2. The number of hydrogen-bond donors (Lipinski definition) is 2. The summed E-state index contributed by atoms with van der Waals surface area (Å²) in [7, 11) is 0. The van der Waals surface area contributed by atoms with Crippen LogP contribution >= 0.6 is 0 Å². The van der Waals surface area contributed by atoms with E-state index in [2.05, 4.69) is 0 Å². The number of aliphatic hydroxyl groups excluding tert-OH is 1. The fourth-order valence-corrected chi connectivity index (χ4v) is 5.12. The molecule has 200 valence electrons. The Morgan fingerprint density at radius 1 is 1.11 bits per heavy atom. The van der Waals surface area contributed by atoms with Crippen molar-refractivity contribution in [1.29, 1.82) is 0 Å². The van der Waals surface area contributed by atoms with Gasteiger partial charge in [-0.25, -0.2) is 9.59 Å². The fraction of sp³-hybridized carbons (Fsp3) is 0.630. The maximum atomic E-state index is 13.3. The first-order chi connectivity index (χ1) is 16.6. The van der Waals surface area contributed by atoms with E-state index in [-0.39, 0.29) is 11.6 Å². The quantitative estimate of drug-likeness (QED) is 0.477. The van der Waals surface area contributed by atoms with Crippen LogP contribution in [0, 0.1) is 5.41 Å². The van der Waals surface area contributed by atoms with Gasteiger partial charge in [0.25, 0.3) is 0 Å². The summed E-state index contributed by atoms with van der Waals surface area (Å²) in [5.41, 5.74) is -1.53. The van der Waals surface area contributed by atoms with Gasteiger partial charge in [0.2, 0.25) is 0 Å². The highest BCUT2D eigenvalue weighted by Crippen LogP contribution is 2.44. The Labute approximate surface area is 211 Å². The summed E-state index contributed by atoms with van der Waals surface area (Å²) < 4.78 is 36.1. The lowest BCUT2D eigenvalue weighted by molar-refractivity contribution is -0.192. The van der Waals surface area contributed by atoms with Crippen LogP contribution in [0.2, 0.25) is 0 Å². The van der Waals surface area contributed by atoms with E-state index in [1.54, 1.807) is 56.9 Å². The normalized spacial score (nSPS) is 29.4. The Balaban J connectivity index is 1.84. The van der Waals surface area contributed by atoms with E-state index in [1.807, 2.05) is 6.92 Å². The molecule has 0 aromatic heterocycles. The van der Waals surface area contributed by atoms with E-state index in [0.717, 1.165) is 5.56 Å². The summed E-state index contributed by atoms with van der Waals surface area (Å²) in [6.07, 6.45) is 4.22. The number of rotatable bonds is 7. The molecule has 1 amide bonds. The highest BCUT2D eigenvalue weighted by Gasteiger charge is 2.49. The molecule has 0 bridgehead atoms. The van der Waals surface area contributed by atoms with Gasteiger partial charge in [0.05, 0.1) is 23.3 Å². The highest BCUT2D eigenvalue weighted by molar-refractivity contribution is 5.87. The van der Waals surface area contributed by atoms with Crippen LogP contribution in [-0.4, -0.2) is 63.2 Å². The van der Waals surface area contributed by atoms with Gasteiger partial charge in [0.1, 0.15) is 5.60 Å². The predicted octanol–water partition coefficient (Wildman–Crippen LogP) is 5.41. The summed E-state index contributed by atoms with van der Waals surface area (Å²) in [4.78, 5) is 26.1. The van der Waals surface area contributed by atoms with Crippen LogP contribution in [0.5, 0.6) is 0 Å². The molecule has 1 aliphatic carbocycles. The summed E-state index contributed by atoms with van der Waals surface area (Å²) in [6, 6.07) is 5.74. The van der Waals surface area contributed by atoms with Crippen molar-refractivity contribution in [2.45, 2.75) is 103 Å². The first-order valence-corrected chi connectivity index (χ1v) is 12.3. The van der Waals surface area contributed by atoms with E-state index in [0.29, 0.717) is 32.1 Å². The Bertz CT molecular complexity index is 975. The van der Waals surface area contributed by atoms with Gasteiger partial charge in [0, 0.05) is 11.5 Å². The van der Waals surface area contributed by atoms with Gasteiger partial charge >= 0.3 is 18.7 Å². The molecule has 1 aromatic rings. The van der Waals surface area contributed by atoms with Crippen molar-refractivity contribution < 1.29 is 38.1 Å². The number of hydrogen-bond acceptors (Lipinski definition) is 5. The topological polar surface area (TPSA) is 96.3 Å². The number of carboxylic acid groups (broad SMARTS) is 1. The number of aromatic carboxylic acids is 1.